The van der Waals surface area contributed by atoms with Gasteiger partial charge in [0.05, 0.1) is 10.6 Å². The van der Waals surface area contributed by atoms with Gasteiger partial charge < -0.3 is 10.2 Å². The Hall–Kier alpha value is -3.07. The lowest BCUT2D eigenvalue weighted by molar-refractivity contribution is -0.139. The lowest BCUT2D eigenvalue weighted by Crippen LogP contribution is -2.51. The monoisotopic (exact) mass is 617 g/mol. The molecule has 2 amide bonds. The van der Waals surface area contributed by atoms with Crippen molar-refractivity contribution in [3.05, 3.63) is 94.0 Å². The summed E-state index contributed by atoms with van der Waals surface area (Å²) in [5.41, 5.74) is 1.83. The number of carbonyl (C=O) groups is 2. The molecule has 3 aromatic rings. The molecule has 1 N–H and O–H groups in total. The lowest BCUT2D eigenvalue weighted by atomic mass is 10.0. The molecule has 1 atom stereocenters. The zero-order valence-corrected chi connectivity index (χ0v) is 26.3. The average molecular weight is 619 g/mol. The number of carbonyl (C=O) groups excluding carboxylic acids is 2. The van der Waals surface area contributed by atoms with Crippen LogP contribution in [0, 0.1) is 5.92 Å². The molecule has 3 aromatic carbocycles. The van der Waals surface area contributed by atoms with E-state index < -0.39 is 28.5 Å². The van der Waals surface area contributed by atoms with Crippen LogP contribution in [0.2, 0.25) is 10.0 Å². The van der Waals surface area contributed by atoms with Crippen molar-refractivity contribution in [3.63, 3.8) is 0 Å². The highest BCUT2D eigenvalue weighted by Gasteiger charge is 2.33. The lowest BCUT2D eigenvalue weighted by Gasteiger charge is -2.32. The standard InChI is InChI=1S/C31H37Cl2N3O4S/c1-21(2)18-34-31(38)23(5)35(19-27-28(32)12-9-13-29(27)33)30(37)20-36(25-16-14-24(15-17-25)22(3)4)41(39,40)26-10-7-6-8-11-26/h6-17,21-23H,18-20H2,1-5H3,(H,34,38). The molecule has 10 heteroatoms. The summed E-state index contributed by atoms with van der Waals surface area (Å²) in [6, 6.07) is 19.1. The molecule has 41 heavy (non-hydrogen) atoms. The Bertz CT molecular complexity index is 1430. The minimum Gasteiger partial charge on any atom is -0.354 e. The zero-order valence-electron chi connectivity index (χ0n) is 24.0. The van der Waals surface area contributed by atoms with Crippen molar-refractivity contribution < 1.29 is 18.0 Å². The molecule has 0 saturated carbocycles. The number of rotatable bonds is 12. The van der Waals surface area contributed by atoms with E-state index in [1.54, 1.807) is 55.5 Å². The summed E-state index contributed by atoms with van der Waals surface area (Å²) in [5.74, 6) is -0.505. The van der Waals surface area contributed by atoms with Gasteiger partial charge in [0, 0.05) is 28.7 Å². The molecule has 3 rings (SSSR count). The summed E-state index contributed by atoms with van der Waals surface area (Å²) in [6.07, 6.45) is 0. The molecule has 0 aliphatic rings. The van der Waals surface area contributed by atoms with Gasteiger partial charge in [-0.2, -0.15) is 0 Å². The number of anilines is 1. The molecule has 0 heterocycles. The van der Waals surface area contributed by atoms with Gasteiger partial charge in [-0.05, 0) is 60.7 Å². The van der Waals surface area contributed by atoms with E-state index in [1.807, 2.05) is 39.8 Å². The predicted molar refractivity (Wildman–Crippen MR) is 166 cm³/mol. The Morgan fingerprint density at radius 3 is 1.95 bits per heavy atom. The molecular formula is C31H37Cl2N3O4S. The SMILES string of the molecule is CC(C)CNC(=O)C(C)N(Cc1c(Cl)cccc1Cl)C(=O)CN(c1ccc(C(C)C)cc1)S(=O)(=O)c1ccccc1. The fourth-order valence-corrected chi connectivity index (χ4v) is 6.11. The largest absolute Gasteiger partial charge is 0.354 e. The molecule has 0 aromatic heterocycles. The Kier molecular flexibility index (Phi) is 11.2. The molecule has 0 saturated heterocycles. The van der Waals surface area contributed by atoms with Crippen LogP contribution in [-0.2, 0) is 26.2 Å². The molecule has 7 nitrogen and oxygen atoms in total. The maximum atomic E-state index is 14.0. The first kappa shape index (κ1) is 32.4. The maximum absolute atomic E-state index is 14.0. The quantitative estimate of drug-likeness (QED) is 0.251. The molecule has 0 spiro atoms. The first-order valence-corrected chi connectivity index (χ1v) is 15.7. The van der Waals surface area contributed by atoms with E-state index in [1.165, 1.54) is 17.0 Å². The fourth-order valence-electron chi connectivity index (χ4n) is 4.16. The number of amides is 2. The Balaban J connectivity index is 2.05. The van der Waals surface area contributed by atoms with Crippen LogP contribution in [0.15, 0.2) is 77.7 Å². The molecule has 0 bridgehead atoms. The van der Waals surface area contributed by atoms with Gasteiger partial charge in [-0.25, -0.2) is 8.42 Å². The zero-order chi connectivity index (χ0) is 30.3. The summed E-state index contributed by atoms with van der Waals surface area (Å²) in [4.78, 5) is 28.5. The first-order valence-electron chi connectivity index (χ1n) is 13.5. The highest BCUT2D eigenvalue weighted by Crippen LogP contribution is 2.29. The third-order valence-electron chi connectivity index (χ3n) is 6.70. The van der Waals surface area contributed by atoms with Crippen LogP contribution in [0.4, 0.5) is 5.69 Å². The van der Waals surface area contributed by atoms with Crippen molar-refractivity contribution in [1.82, 2.24) is 10.2 Å². The second kappa shape index (κ2) is 14.2. The van der Waals surface area contributed by atoms with Crippen molar-refractivity contribution in [2.45, 2.75) is 58.0 Å². The Labute approximate surface area is 253 Å². The smallest absolute Gasteiger partial charge is 0.264 e. The van der Waals surface area contributed by atoms with E-state index in [0.717, 1.165) is 9.87 Å². The average Bonchev–Trinajstić information content (AvgIpc) is 2.94. The maximum Gasteiger partial charge on any atom is 0.264 e. The van der Waals surface area contributed by atoms with Gasteiger partial charge in [0.2, 0.25) is 11.8 Å². The minimum atomic E-state index is -4.14. The first-order chi connectivity index (χ1) is 19.3. The van der Waals surface area contributed by atoms with E-state index in [9.17, 15) is 18.0 Å². The van der Waals surface area contributed by atoms with Crippen molar-refractivity contribution in [3.8, 4) is 0 Å². The molecule has 0 fully saturated rings. The third kappa shape index (κ3) is 8.24. The topological polar surface area (TPSA) is 86.8 Å². The van der Waals surface area contributed by atoms with Gasteiger partial charge in [0.25, 0.3) is 10.0 Å². The van der Waals surface area contributed by atoms with Gasteiger partial charge in [-0.3, -0.25) is 13.9 Å². The van der Waals surface area contributed by atoms with Gasteiger partial charge in [-0.15, -0.1) is 0 Å². The van der Waals surface area contributed by atoms with Gasteiger partial charge in [-0.1, -0.05) is 87.3 Å². The highest BCUT2D eigenvalue weighted by atomic mass is 35.5. The number of nitrogens with one attached hydrogen (secondary N) is 1. The number of halogens is 2. The minimum absolute atomic E-state index is 0.0455. The molecule has 0 radical (unpaired) electrons. The molecule has 0 aliphatic heterocycles. The van der Waals surface area contributed by atoms with E-state index in [0.29, 0.717) is 27.8 Å². The van der Waals surface area contributed by atoms with Crippen LogP contribution in [0.25, 0.3) is 0 Å². The van der Waals surface area contributed by atoms with E-state index in [4.69, 9.17) is 23.2 Å². The van der Waals surface area contributed by atoms with Gasteiger partial charge >= 0.3 is 0 Å². The summed E-state index contributed by atoms with van der Waals surface area (Å²) < 4.78 is 28.9. The summed E-state index contributed by atoms with van der Waals surface area (Å²) in [5, 5.41) is 3.53. The van der Waals surface area contributed by atoms with Crippen LogP contribution in [0.5, 0.6) is 0 Å². The number of benzene rings is 3. The predicted octanol–water partition coefficient (Wildman–Crippen LogP) is 6.50. The van der Waals surface area contributed by atoms with Crippen LogP contribution in [0.1, 0.15) is 51.7 Å². The van der Waals surface area contributed by atoms with E-state index >= 15 is 0 Å². The van der Waals surface area contributed by atoms with Crippen LogP contribution >= 0.6 is 23.2 Å². The van der Waals surface area contributed by atoms with Gasteiger partial charge in [0.15, 0.2) is 0 Å². The highest BCUT2D eigenvalue weighted by molar-refractivity contribution is 7.92. The van der Waals surface area contributed by atoms with Crippen molar-refractivity contribution in [1.29, 1.82) is 0 Å². The second-order valence-corrected chi connectivity index (χ2v) is 13.3. The number of hydrogen-bond donors (Lipinski definition) is 1. The van der Waals surface area contributed by atoms with Crippen LogP contribution in [-0.4, -0.2) is 44.3 Å². The number of nitrogens with zero attached hydrogens (tertiary/aromatic N) is 2. The van der Waals surface area contributed by atoms with Crippen molar-refractivity contribution >= 4 is 50.7 Å². The number of hydrogen-bond acceptors (Lipinski definition) is 4. The Morgan fingerprint density at radius 2 is 1.41 bits per heavy atom. The van der Waals surface area contributed by atoms with Crippen molar-refractivity contribution in [2.75, 3.05) is 17.4 Å². The summed E-state index contributed by atoms with van der Waals surface area (Å²) >= 11 is 12.9. The number of sulfonamides is 1. The second-order valence-electron chi connectivity index (χ2n) is 10.6. The Morgan fingerprint density at radius 1 is 0.829 bits per heavy atom. The van der Waals surface area contributed by atoms with E-state index in [-0.39, 0.29) is 29.2 Å². The third-order valence-corrected chi connectivity index (χ3v) is 9.20. The van der Waals surface area contributed by atoms with Crippen LogP contribution < -0.4 is 9.62 Å². The normalized spacial score (nSPS) is 12.3. The molecule has 0 aliphatic carbocycles. The summed E-state index contributed by atoms with van der Waals surface area (Å²) in [6.45, 7) is 9.42. The molecule has 220 valence electrons. The van der Waals surface area contributed by atoms with Crippen LogP contribution in [0.3, 0.4) is 0 Å². The molecular weight excluding hydrogens is 581 g/mol. The van der Waals surface area contributed by atoms with Gasteiger partial charge in [0.1, 0.15) is 12.6 Å². The molecule has 1 unspecified atom stereocenters. The van der Waals surface area contributed by atoms with E-state index in [2.05, 4.69) is 5.32 Å². The van der Waals surface area contributed by atoms with Crippen molar-refractivity contribution in [2.24, 2.45) is 5.92 Å². The summed E-state index contributed by atoms with van der Waals surface area (Å²) in [7, 11) is -4.14. The fraction of sp³-hybridized carbons (Fsp3) is 0.355.